The number of hydrogen-bond donors (Lipinski definition) is 0. The number of ether oxygens (including phenoxy) is 1. The first-order valence-electron chi connectivity index (χ1n) is 6.90. The first kappa shape index (κ1) is 14.2. The predicted octanol–water partition coefficient (Wildman–Crippen LogP) is 2.80. The van der Waals surface area contributed by atoms with Crippen LogP contribution in [0.5, 0.6) is 0 Å². The molecule has 0 amide bonds. The van der Waals surface area contributed by atoms with Crippen molar-refractivity contribution in [2.75, 3.05) is 6.61 Å². The lowest BCUT2D eigenvalue weighted by Gasteiger charge is -2.09. The van der Waals surface area contributed by atoms with E-state index >= 15 is 0 Å². The molecule has 0 aliphatic heterocycles. The number of benzene rings is 1. The lowest BCUT2D eigenvalue weighted by Crippen LogP contribution is -2.13. The van der Waals surface area contributed by atoms with E-state index in [2.05, 4.69) is 9.97 Å². The first-order valence-corrected chi connectivity index (χ1v) is 6.90. The number of aromatic nitrogens is 3. The predicted molar refractivity (Wildman–Crippen MR) is 79.0 cm³/mol. The zero-order valence-corrected chi connectivity index (χ0v) is 12.0. The third-order valence-corrected chi connectivity index (χ3v) is 3.31. The Balaban J connectivity index is 2.13. The maximum atomic E-state index is 13.6. The van der Waals surface area contributed by atoms with Gasteiger partial charge in [0.15, 0.2) is 0 Å². The Hall–Kier alpha value is -2.76. The maximum Gasteiger partial charge on any atom is 0.354 e. The summed E-state index contributed by atoms with van der Waals surface area (Å²) in [7, 11) is 0. The molecule has 0 aliphatic rings. The standard InChI is InChI=1S/C16H14FN3O2/c1-2-22-16(21)15-7-11-3-4-12(17)8-14(11)20(15)9-13-5-6-18-10-19-13/h3-8,10H,2,9H2,1H3. The fourth-order valence-corrected chi connectivity index (χ4v) is 2.35. The Morgan fingerprint density at radius 1 is 1.32 bits per heavy atom. The van der Waals surface area contributed by atoms with E-state index in [9.17, 15) is 9.18 Å². The Kier molecular flexibility index (Phi) is 3.82. The molecule has 1 aromatic carbocycles. The summed E-state index contributed by atoms with van der Waals surface area (Å²) < 4.78 is 20.3. The van der Waals surface area contributed by atoms with Gasteiger partial charge in [-0.25, -0.2) is 19.2 Å². The van der Waals surface area contributed by atoms with Crippen molar-refractivity contribution < 1.29 is 13.9 Å². The largest absolute Gasteiger partial charge is 0.461 e. The highest BCUT2D eigenvalue weighted by molar-refractivity contribution is 5.95. The van der Waals surface area contributed by atoms with Crippen molar-refractivity contribution in [3.8, 4) is 0 Å². The average molecular weight is 299 g/mol. The van der Waals surface area contributed by atoms with Crippen molar-refractivity contribution in [2.24, 2.45) is 0 Å². The van der Waals surface area contributed by atoms with Crippen molar-refractivity contribution in [1.29, 1.82) is 0 Å². The number of halogens is 1. The van der Waals surface area contributed by atoms with Gasteiger partial charge < -0.3 is 9.30 Å². The number of carbonyl (C=O) groups is 1. The molecule has 0 radical (unpaired) electrons. The fraction of sp³-hybridized carbons (Fsp3) is 0.188. The average Bonchev–Trinajstić information content (AvgIpc) is 2.87. The van der Waals surface area contributed by atoms with Gasteiger partial charge in [-0.15, -0.1) is 0 Å². The molecule has 0 aliphatic carbocycles. The molecule has 0 saturated carbocycles. The van der Waals surface area contributed by atoms with Crippen LogP contribution in [0, 0.1) is 5.82 Å². The number of esters is 1. The summed E-state index contributed by atoms with van der Waals surface area (Å²) in [5.41, 5.74) is 1.73. The van der Waals surface area contributed by atoms with E-state index in [0.717, 1.165) is 11.1 Å². The van der Waals surface area contributed by atoms with Gasteiger partial charge >= 0.3 is 5.97 Å². The molecule has 2 heterocycles. The van der Waals surface area contributed by atoms with Crippen LogP contribution in [0.1, 0.15) is 23.1 Å². The molecule has 2 aromatic heterocycles. The van der Waals surface area contributed by atoms with Gasteiger partial charge in [0.05, 0.1) is 24.4 Å². The quantitative estimate of drug-likeness (QED) is 0.695. The number of carbonyl (C=O) groups excluding carboxylic acids is 1. The van der Waals surface area contributed by atoms with Crippen LogP contribution in [-0.2, 0) is 11.3 Å². The molecule has 3 aromatic rings. The minimum absolute atomic E-state index is 0.280. The molecule has 5 nitrogen and oxygen atoms in total. The summed E-state index contributed by atoms with van der Waals surface area (Å²) in [6.07, 6.45) is 3.06. The molecule has 0 spiro atoms. The van der Waals surface area contributed by atoms with Crippen molar-refractivity contribution in [1.82, 2.24) is 14.5 Å². The highest BCUT2D eigenvalue weighted by Crippen LogP contribution is 2.22. The van der Waals surface area contributed by atoms with Crippen molar-refractivity contribution in [3.63, 3.8) is 0 Å². The van der Waals surface area contributed by atoms with Crippen LogP contribution in [0.4, 0.5) is 4.39 Å². The van der Waals surface area contributed by atoms with Gasteiger partial charge in [0, 0.05) is 11.6 Å². The van der Waals surface area contributed by atoms with Crippen LogP contribution in [0.2, 0.25) is 0 Å². The maximum absolute atomic E-state index is 13.6. The molecule has 0 N–H and O–H groups in total. The van der Waals surface area contributed by atoms with Gasteiger partial charge in [0.2, 0.25) is 0 Å². The highest BCUT2D eigenvalue weighted by Gasteiger charge is 2.17. The fourth-order valence-electron chi connectivity index (χ4n) is 2.35. The molecule has 3 rings (SSSR count). The zero-order chi connectivity index (χ0) is 15.5. The zero-order valence-electron chi connectivity index (χ0n) is 12.0. The van der Waals surface area contributed by atoms with E-state index in [4.69, 9.17) is 4.74 Å². The number of hydrogen-bond acceptors (Lipinski definition) is 4. The van der Waals surface area contributed by atoms with Crippen LogP contribution < -0.4 is 0 Å². The number of fused-ring (bicyclic) bond motifs is 1. The SMILES string of the molecule is CCOC(=O)c1cc2ccc(F)cc2n1Cc1ccncn1. The summed E-state index contributed by atoms with van der Waals surface area (Å²) in [5.74, 6) is -0.793. The molecular formula is C16H14FN3O2. The van der Waals surface area contributed by atoms with Gasteiger partial charge in [0.1, 0.15) is 17.8 Å². The molecule has 0 saturated heterocycles. The molecule has 0 unspecified atom stereocenters. The van der Waals surface area contributed by atoms with E-state index in [-0.39, 0.29) is 12.4 Å². The Labute approximate surface area is 126 Å². The van der Waals surface area contributed by atoms with E-state index < -0.39 is 5.97 Å². The Bertz CT molecular complexity index is 815. The van der Waals surface area contributed by atoms with Crippen LogP contribution >= 0.6 is 0 Å². The van der Waals surface area contributed by atoms with Gasteiger partial charge in [-0.3, -0.25) is 0 Å². The van der Waals surface area contributed by atoms with Crippen LogP contribution in [0.15, 0.2) is 42.9 Å². The summed E-state index contributed by atoms with van der Waals surface area (Å²) in [6, 6.07) is 7.86. The first-order chi connectivity index (χ1) is 10.7. The van der Waals surface area contributed by atoms with Crippen LogP contribution in [-0.4, -0.2) is 27.1 Å². The van der Waals surface area contributed by atoms with E-state index in [1.807, 2.05) is 0 Å². The Morgan fingerprint density at radius 2 is 2.18 bits per heavy atom. The summed E-state index contributed by atoms with van der Waals surface area (Å²) in [4.78, 5) is 20.2. The van der Waals surface area contributed by atoms with Gasteiger partial charge in [-0.05, 0) is 37.3 Å². The Morgan fingerprint density at radius 3 is 2.91 bits per heavy atom. The minimum atomic E-state index is -0.437. The summed E-state index contributed by atoms with van der Waals surface area (Å²) in [5, 5.41) is 0.776. The van der Waals surface area contributed by atoms with Crippen LogP contribution in [0.25, 0.3) is 10.9 Å². The second-order valence-electron chi connectivity index (χ2n) is 4.74. The van der Waals surface area contributed by atoms with E-state index in [1.54, 1.807) is 35.9 Å². The third-order valence-electron chi connectivity index (χ3n) is 3.31. The highest BCUT2D eigenvalue weighted by atomic mass is 19.1. The number of nitrogens with zero attached hydrogens (tertiary/aromatic N) is 3. The van der Waals surface area contributed by atoms with Gasteiger partial charge in [-0.1, -0.05) is 0 Å². The topological polar surface area (TPSA) is 57.0 Å². The van der Waals surface area contributed by atoms with Gasteiger partial charge in [0.25, 0.3) is 0 Å². The van der Waals surface area contributed by atoms with Crippen molar-refractivity contribution in [3.05, 3.63) is 60.1 Å². The van der Waals surface area contributed by atoms with Crippen molar-refractivity contribution >= 4 is 16.9 Å². The monoisotopic (exact) mass is 299 g/mol. The third kappa shape index (κ3) is 2.67. The summed E-state index contributed by atoms with van der Waals surface area (Å²) >= 11 is 0. The minimum Gasteiger partial charge on any atom is -0.461 e. The molecule has 112 valence electrons. The number of rotatable bonds is 4. The molecule has 6 heteroatoms. The molecular weight excluding hydrogens is 285 g/mol. The molecule has 22 heavy (non-hydrogen) atoms. The lowest BCUT2D eigenvalue weighted by molar-refractivity contribution is 0.0515. The molecule has 0 bridgehead atoms. The summed E-state index contributed by atoms with van der Waals surface area (Å²) in [6.45, 7) is 2.36. The van der Waals surface area contributed by atoms with Crippen molar-refractivity contribution in [2.45, 2.75) is 13.5 Å². The lowest BCUT2D eigenvalue weighted by atomic mass is 10.2. The smallest absolute Gasteiger partial charge is 0.354 e. The van der Waals surface area contributed by atoms with E-state index in [1.165, 1.54) is 18.5 Å². The van der Waals surface area contributed by atoms with Gasteiger partial charge in [-0.2, -0.15) is 0 Å². The normalized spacial score (nSPS) is 10.8. The second kappa shape index (κ2) is 5.93. The molecule has 0 atom stereocenters. The molecule has 0 fully saturated rings. The second-order valence-corrected chi connectivity index (χ2v) is 4.74. The van der Waals surface area contributed by atoms with E-state index in [0.29, 0.717) is 17.8 Å². The van der Waals surface area contributed by atoms with Crippen LogP contribution in [0.3, 0.4) is 0 Å².